The Labute approximate surface area is 209 Å². The van der Waals surface area contributed by atoms with Crippen molar-refractivity contribution in [1.82, 2.24) is 15.3 Å². The number of aryl methyl sites for hydroxylation is 2. The lowest BCUT2D eigenvalue weighted by molar-refractivity contribution is -0.116. The first kappa shape index (κ1) is 25.1. The molecule has 9 heteroatoms. The van der Waals surface area contributed by atoms with Gasteiger partial charge in [0.05, 0.1) is 24.5 Å². The third kappa shape index (κ3) is 6.37. The Balaban J connectivity index is 1.36. The molecule has 0 bridgehead atoms. The molecule has 0 unspecified atom stereocenters. The van der Waals surface area contributed by atoms with Gasteiger partial charge >= 0.3 is 0 Å². The van der Waals surface area contributed by atoms with Gasteiger partial charge in [-0.05, 0) is 38.0 Å². The molecule has 36 heavy (non-hydrogen) atoms. The van der Waals surface area contributed by atoms with Crippen molar-refractivity contribution < 1.29 is 14.3 Å². The molecule has 0 aliphatic carbocycles. The van der Waals surface area contributed by atoms with Crippen molar-refractivity contribution in [3.8, 4) is 0 Å². The second kappa shape index (κ2) is 11.6. The number of aromatic nitrogens is 2. The van der Waals surface area contributed by atoms with Gasteiger partial charge < -0.3 is 20.3 Å². The minimum atomic E-state index is -0.287. The number of para-hydroxylation sites is 1. The lowest BCUT2D eigenvalue weighted by Crippen LogP contribution is -2.38. The summed E-state index contributed by atoms with van der Waals surface area (Å²) in [6.45, 7) is 6.70. The van der Waals surface area contributed by atoms with E-state index in [-0.39, 0.29) is 30.2 Å². The summed E-state index contributed by atoms with van der Waals surface area (Å²) in [6.07, 6.45) is 0.326. The average Bonchev–Trinajstić information content (AvgIpc) is 2.88. The molecule has 0 saturated carbocycles. The maximum absolute atomic E-state index is 12.8. The summed E-state index contributed by atoms with van der Waals surface area (Å²) in [5.41, 5.74) is 3.78. The standard InChI is InChI=1S/C27H31N5O4/c1-18-7-9-20(10-8-18)17-28-25(34)22-5-3-4-6-23(22)30-24(33)12-11-21-19(2)29-27(31-26(21)35)32-13-15-36-16-14-32/h3-10H,11-17H2,1-2H3,(H,28,34)(H,30,33)(H,29,31,35). The Bertz CT molecular complexity index is 1280. The maximum Gasteiger partial charge on any atom is 0.255 e. The Morgan fingerprint density at radius 1 is 1.06 bits per heavy atom. The highest BCUT2D eigenvalue weighted by Gasteiger charge is 2.18. The van der Waals surface area contributed by atoms with Gasteiger partial charge in [0.1, 0.15) is 0 Å². The van der Waals surface area contributed by atoms with E-state index in [0.29, 0.717) is 61.3 Å². The first-order valence-electron chi connectivity index (χ1n) is 12.1. The van der Waals surface area contributed by atoms with Crippen LogP contribution in [-0.2, 0) is 22.5 Å². The summed E-state index contributed by atoms with van der Waals surface area (Å²) >= 11 is 0. The highest BCUT2D eigenvalue weighted by Crippen LogP contribution is 2.17. The van der Waals surface area contributed by atoms with Crippen LogP contribution in [0.5, 0.6) is 0 Å². The van der Waals surface area contributed by atoms with Gasteiger partial charge in [0.25, 0.3) is 11.5 Å². The van der Waals surface area contributed by atoms with Crippen LogP contribution in [0.25, 0.3) is 0 Å². The van der Waals surface area contributed by atoms with E-state index in [1.165, 1.54) is 0 Å². The van der Waals surface area contributed by atoms with Crippen LogP contribution in [-0.4, -0.2) is 48.1 Å². The molecule has 2 amide bonds. The fraction of sp³-hybridized carbons (Fsp3) is 0.333. The largest absolute Gasteiger partial charge is 0.378 e. The van der Waals surface area contributed by atoms with Crippen molar-refractivity contribution in [2.45, 2.75) is 33.2 Å². The molecule has 1 aromatic heterocycles. The van der Waals surface area contributed by atoms with E-state index >= 15 is 0 Å². The monoisotopic (exact) mass is 489 g/mol. The van der Waals surface area contributed by atoms with Gasteiger partial charge in [-0.2, -0.15) is 0 Å². The third-order valence-electron chi connectivity index (χ3n) is 6.14. The van der Waals surface area contributed by atoms with Crippen molar-refractivity contribution in [3.63, 3.8) is 0 Å². The SMILES string of the molecule is Cc1ccc(CNC(=O)c2ccccc2NC(=O)CCc2c(C)nc(N3CCOCC3)[nH]c2=O)cc1. The molecule has 1 fully saturated rings. The minimum Gasteiger partial charge on any atom is -0.378 e. The van der Waals surface area contributed by atoms with E-state index in [0.717, 1.165) is 11.1 Å². The Hall–Kier alpha value is -3.98. The van der Waals surface area contributed by atoms with Gasteiger partial charge in [-0.1, -0.05) is 42.0 Å². The fourth-order valence-electron chi connectivity index (χ4n) is 4.04. The van der Waals surface area contributed by atoms with E-state index in [4.69, 9.17) is 4.74 Å². The fourth-order valence-corrected chi connectivity index (χ4v) is 4.04. The second-order valence-electron chi connectivity index (χ2n) is 8.81. The highest BCUT2D eigenvalue weighted by atomic mass is 16.5. The number of H-pyrrole nitrogens is 1. The molecule has 188 valence electrons. The van der Waals surface area contributed by atoms with Crippen LogP contribution >= 0.6 is 0 Å². The van der Waals surface area contributed by atoms with Crippen LogP contribution in [0.1, 0.15) is 39.2 Å². The van der Waals surface area contributed by atoms with Gasteiger partial charge in [-0.3, -0.25) is 19.4 Å². The van der Waals surface area contributed by atoms with Crippen LogP contribution in [0.3, 0.4) is 0 Å². The Morgan fingerprint density at radius 3 is 2.50 bits per heavy atom. The molecule has 2 heterocycles. The van der Waals surface area contributed by atoms with E-state index in [9.17, 15) is 14.4 Å². The number of nitrogens with zero attached hydrogens (tertiary/aromatic N) is 2. The molecule has 4 rings (SSSR count). The van der Waals surface area contributed by atoms with Crippen LogP contribution in [0.15, 0.2) is 53.3 Å². The number of morpholine rings is 1. The number of amides is 2. The van der Waals surface area contributed by atoms with Gasteiger partial charge in [-0.25, -0.2) is 4.98 Å². The maximum atomic E-state index is 12.8. The van der Waals surface area contributed by atoms with Crippen molar-refractivity contribution in [1.29, 1.82) is 0 Å². The molecule has 1 aliphatic heterocycles. The normalized spacial score (nSPS) is 13.3. The van der Waals surface area contributed by atoms with E-state index in [1.54, 1.807) is 31.2 Å². The zero-order chi connectivity index (χ0) is 25.5. The lowest BCUT2D eigenvalue weighted by atomic mass is 10.1. The lowest BCUT2D eigenvalue weighted by Gasteiger charge is -2.27. The van der Waals surface area contributed by atoms with Gasteiger partial charge in [0.2, 0.25) is 11.9 Å². The van der Waals surface area contributed by atoms with Crippen molar-refractivity contribution in [2.75, 3.05) is 36.5 Å². The average molecular weight is 490 g/mol. The number of nitrogens with one attached hydrogen (secondary N) is 3. The van der Waals surface area contributed by atoms with E-state index < -0.39 is 0 Å². The quantitative estimate of drug-likeness (QED) is 0.448. The molecule has 3 N–H and O–H groups in total. The molecule has 1 saturated heterocycles. The molecular weight excluding hydrogens is 458 g/mol. The van der Waals surface area contributed by atoms with Crippen molar-refractivity contribution in [2.24, 2.45) is 0 Å². The number of ether oxygens (including phenoxy) is 1. The van der Waals surface area contributed by atoms with Crippen LogP contribution in [0, 0.1) is 13.8 Å². The zero-order valence-electron chi connectivity index (χ0n) is 20.6. The molecule has 0 atom stereocenters. The second-order valence-corrected chi connectivity index (χ2v) is 8.81. The number of anilines is 2. The number of aromatic amines is 1. The molecule has 0 spiro atoms. The summed E-state index contributed by atoms with van der Waals surface area (Å²) < 4.78 is 5.35. The summed E-state index contributed by atoms with van der Waals surface area (Å²) in [4.78, 5) is 47.5. The first-order valence-corrected chi connectivity index (χ1v) is 12.1. The Morgan fingerprint density at radius 2 is 1.78 bits per heavy atom. The minimum absolute atomic E-state index is 0.0851. The van der Waals surface area contributed by atoms with Gasteiger partial charge in [0, 0.05) is 37.3 Å². The summed E-state index contributed by atoms with van der Waals surface area (Å²) in [5, 5.41) is 5.71. The molecule has 0 radical (unpaired) electrons. The number of carbonyl (C=O) groups is 2. The highest BCUT2D eigenvalue weighted by molar-refractivity contribution is 6.03. The molecule has 9 nitrogen and oxygen atoms in total. The van der Waals surface area contributed by atoms with Crippen LogP contribution in [0.2, 0.25) is 0 Å². The number of rotatable bonds is 8. The summed E-state index contributed by atoms with van der Waals surface area (Å²) in [5.74, 6) is -0.0360. The number of hydrogen-bond donors (Lipinski definition) is 3. The van der Waals surface area contributed by atoms with Crippen LogP contribution in [0.4, 0.5) is 11.6 Å². The van der Waals surface area contributed by atoms with E-state index in [1.807, 2.05) is 36.1 Å². The topological polar surface area (TPSA) is 116 Å². The summed E-state index contributed by atoms with van der Waals surface area (Å²) in [6, 6.07) is 14.8. The molecule has 2 aromatic carbocycles. The van der Waals surface area contributed by atoms with Gasteiger partial charge in [0.15, 0.2) is 0 Å². The van der Waals surface area contributed by atoms with Gasteiger partial charge in [-0.15, -0.1) is 0 Å². The number of carbonyl (C=O) groups excluding carboxylic acids is 2. The van der Waals surface area contributed by atoms with Crippen molar-refractivity contribution >= 4 is 23.5 Å². The van der Waals surface area contributed by atoms with Crippen LogP contribution < -0.4 is 21.1 Å². The molecular formula is C27H31N5O4. The van der Waals surface area contributed by atoms with E-state index in [2.05, 4.69) is 20.6 Å². The Kier molecular flexibility index (Phi) is 8.12. The predicted molar refractivity (Wildman–Crippen MR) is 138 cm³/mol. The first-order chi connectivity index (χ1) is 17.4. The smallest absolute Gasteiger partial charge is 0.255 e. The molecule has 1 aliphatic rings. The molecule has 3 aromatic rings. The number of benzene rings is 2. The summed E-state index contributed by atoms with van der Waals surface area (Å²) in [7, 11) is 0. The predicted octanol–water partition coefficient (Wildman–Crippen LogP) is 2.72. The van der Waals surface area contributed by atoms with Crippen molar-refractivity contribution in [3.05, 3.63) is 86.8 Å². The number of hydrogen-bond acceptors (Lipinski definition) is 6. The third-order valence-corrected chi connectivity index (χ3v) is 6.14. The zero-order valence-corrected chi connectivity index (χ0v) is 20.6.